The Morgan fingerprint density at radius 3 is 2.53 bits per heavy atom. The van der Waals surface area contributed by atoms with Crippen molar-refractivity contribution in [1.29, 1.82) is 0 Å². The number of rotatable bonds is 3. The lowest BCUT2D eigenvalue weighted by atomic mass is 10.1. The fourth-order valence-electron chi connectivity index (χ4n) is 1.07. The third-order valence-electron chi connectivity index (χ3n) is 1.74. The van der Waals surface area contributed by atoms with Crippen molar-refractivity contribution in [2.45, 2.75) is 12.9 Å². The summed E-state index contributed by atoms with van der Waals surface area (Å²) in [6, 6.07) is 0. The Balaban J connectivity index is 3.25. The first-order valence-corrected chi connectivity index (χ1v) is 4.12. The highest BCUT2D eigenvalue weighted by Gasteiger charge is 2.34. The molecule has 0 fully saturated rings. The predicted octanol–water partition coefficient (Wildman–Crippen LogP) is 1.28. The second-order valence-electron chi connectivity index (χ2n) is 2.83. The second-order valence-corrected chi connectivity index (χ2v) is 2.83. The third-order valence-corrected chi connectivity index (χ3v) is 1.74. The van der Waals surface area contributed by atoms with Crippen LogP contribution in [0.2, 0.25) is 0 Å². The van der Waals surface area contributed by atoms with Gasteiger partial charge in [0.05, 0.1) is 5.56 Å². The van der Waals surface area contributed by atoms with E-state index in [0.717, 1.165) is 0 Å². The zero-order chi connectivity index (χ0) is 13.2. The smallest absolute Gasteiger partial charge is 0.478 e. The van der Waals surface area contributed by atoms with Gasteiger partial charge in [0, 0.05) is 18.3 Å². The summed E-state index contributed by atoms with van der Waals surface area (Å²) in [7, 11) is 0. The molecule has 0 amide bonds. The van der Waals surface area contributed by atoms with Gasteiger partial charge in [-0.1, -0.05) is 0 Å². The zero-order valence-corrected chi connectivity index (χ0v) is 8.08. The number of carbonyl (C=O) groups is 1. The molecule has 0 radical (unpaired) electrons. The maximum atomic E-state index is 13.4. The normalized spacial score (nSPS) is 11.4. The molecule has 0 saturated carbocycles. The molecule has 1 heterocycles. The highest BCUT2D eigenvalue weighted by Crippen LogP contribution is 2.26. The van der Waals surface area contributed by atoms with Crippen LogP contribution in [0.5, 0.6) is 5.88 Å². The Kier molecular flexibility index (Phi) is 3.51. The number of alkyl halides is 3. The summed E-state index contributed by atoms with van der Waals surface area (Å²) >= 11 is 0. The number of hydrogen-bond donors (Lipinski definition) is 2. The van der Waals surface area contributed by atoms with Crippen molar-refractivity contribution >= 4 is 5.97 Å². The number of hydrogen-bond acceptors (Lipinski definition) is 4. The Morgan fingerprint density at radius 2 is 2.12 bits per heavy atom. The molecule has 0 saturated heterocycles. The average molecular weight is 254 g/mol. The molecule has 17 heavy (non-hydrogen) atoms. The molecular formula is C8H6F4N2O3. The number of aromatic nitrogens is 1. The molecular weight excluding hydrogens is 248 g/mol. The number of carboxylic acid groups (broad SMARTS) is 1. The number of carboxylic acids is 1. The molecule has 0 aliphatic heterocycles. The SMILES string of the molecule is NCc1c(C(=O)O)cnc(OC(F)(F)F)c1F. The van der Waals surface area contributed by atoms with E-state index in [0.29, 0.717) is 6.20 Å². The van der Waals surface area contributed by atoms with Gasteiger partial charge in [0.15, 0.2) is 5.82 Å². The van der Waals surface area contributed by atoms with Crippen molar-refractivity contribution in [2.24, 2.45) is 5.73 Å². The van der Waals surface area contributed by atoms with E-state index >= 15 is 0 Å². The van der Waals surface area contributed by atoms with Crippen LogP contribution in [0, 0.1) is 5.82 Å². The van der Waals surface area contributed by atoms with Gasteiger partial charge in [-0.15, -0.1) is 13.2 Å². The minimum Gasteiger partial charge on any atom is -0.478 e. The molecule has 1 aromatic rings. The van der Waals surface area contributed by atoms with Gasteiger partial charge in [0.1, 0.15) is 0 Å². The Hall–Kier alpha value is -1.90. The van der Waals surface area contributed by atoms with Gasteiger partial charge in [-0.25, -0.2) is 14.2 Å². The molecule has 9 heteroatoms. The quantitative estimate of drug-likeness (QED) is 0.793. The fourth-order valence-corrected chi connectivity index (χ4v) is 1.07. The van der Waals surface area contributed by atoms with Crippen molar-refractivity contribution in [1.82, 2.24) is 4.98 Å². The van der Waals surface area contributed by atoms with Crippen molar-refractivity contribution < 1.29 is 32.2 Å². The van der Waals surface area contributed by atoms with Gasteiger partial charge < -0.3 is 15.6 Å². The summed E-state index contributed by atoms with van der Waals surface area (Å²) in [6.45, 7) is -0.593. The van der Waals surface area contributed by atoms with Crippen LogP contribution >= 0.6 is 0 Å². The maximum absolute atomic E-state index is 13.4. The van der Waals surface area contributed by atoms with Gasteiger partial charge in [0.2, 0.25) is 0 Å². The standard InChI is InChI=1S/C8H6F4N2O3/c9-5-3(1-13)4(7(15)16)2-14-6(5)17-8(10,11)12/h2H,1,13H2,(H,15,16). The molecule has 5 nitrogen and oxygen atoms in total. The van der Waals surface area contributed by atoms with Crippen LogP contribution in [0.3, 0.4) is 0 Å². The highest BCUT2D eigenvalue weighted by atomic mass is 19.4. The first-order chi connectivity index (χ1) is 7.76. The van der Waals surface area contributed by atoms with Crippen LogP contribution in [0.4, 0.5) is 17.6 Å². The largest absolute Gasteiger partial charge is 0.574 e. The summed E-state index contributed by atoms with van der Waals surface area (Å²) in [5, 5.41) is 8.62. The molecule has 0 atom stereocenters. The van der Waals surface area contributed by atoms with Gasteiger partial charge in [0.25, 0.3) is 5.88 Å². The molecule has 0 spiro atoms. The number of aromatic carboxylic acids is 1. The van der Waals surface area contributed by atoms with Crippen molar-refractivity contribution in [3.05, 3.63) is 23.1 Å². The van der Waals surface area contributed by atoms with Crippen LogP contribution in [0.25, 0.3) is 0 Å². The molecule has 0 aliphatic carbocycles. The number of nitrogens with two attached hydrogens (primary N) is 1. The zero-order valence-electron chi connectivity index (χ0n) is 8.08. The number of ether oxygens (including phenoxy) is 1. The van der Waals surface area contributed by atoms with Crippen LogP contribution < -0.4 is 10.5 Å². The van der Waals surface area contributed by atoms with E-state index in [-0.39, 0.29) is 0 Å². The van der Waals surface area contributed by atoms with Crippen molar-refractivity contribution in [3.63, 3.8) is 0 Å². The number of pyridine rings is 1. The van der Waals surface area contributed by atoms with Gasteiger partial charge in [-0.3, -0.25) is 0 Å². The third kappa shape index (κ3) is 3.03. The van der Waals surface area contributed by atoms with Crippen LogP contribution in [0.1, 0.15) is 15.9 Å². The lowest BCUT2D eigenvalue weighted by molar-refractivity contribution is -0.277. The molecule has 0 bridgehead atoms. The Labute approximate surface area is 91.8 Å². The lowest BCUT2D eigenvalue weighted by Gasteiger charge is -2.11. The fraction of sp³-hybridized carbons (Fsp3) is 0.250. The van der Waals surface area contributed by atoms with Crippen molar-refractivity contribution in [2.75, 3.05) is 0 Å². The van der Waals surface area contributed by atoms with Crippen LogP contribution in [-0.4, -0.2) is 22.4 Å². The van der Waals surface area contributed by atoms with E-state index in [2.05, 4.69) is 9.72 Å². The topological polar surface area (TPSA) is 85.4 Å². The van der Waals surface area contributed by atoms with E-state index in [1.165, 1.54) is 0 Å². The molecule has 1 aromatic heterocycles. The van der Waals surface area contributed by atoms with E-state index in [9.17, 15) is 22.4 Å². The molecule has 1 rings (SSSR count). The average Bonchev–Trinajstić information content (AvgIpc) is 2.18. The second kappa shape index (κ2) is 4.53. The Morgan fingerprint density at radius 1 is 1.53 bits per heavy atom. The predicted molar refractivity (Wildman–Crippen MR) is 45.7 cm³/mol. The van der Waals surface area contributed by atoms with Crippen LogP contribution in [-0.2, 0) is 6.54 Å². The summed E-state index contributed by atoms with van der Waals surface area (Å²) in [5.74, 6) is -4.44. The van der Waals surface area contributed by atoms with Crippen LogP contribution in [0.15, 0.2) is 6.20 Å². The monoisotopic (exact) mass is 254 g/mol. The first-order valence-electron chi connectivity index (χ1n) is 4.12. The minimum absolute atomic E-state index is 0.550. The van der Waals surface area contributed by atoms with E-state index in [1.807, 2.05) is 0 Å². The van der Waals surface area contributed by atoms with E-state index in [4.69, 9.17) is 10.8 Å². The summed E-state index contributed by atoms with van der Waals surface area (Å²) in [5.41, 5.74) is 3.84. The van der Waals surface area contributed by atoms with E-state index in [1.54, 1.807) is 0 Å². The molecule has 0 aromatic carbocycles. The summed E-state index contributed by atoms with van der Waals surface area (Å²) in [6.07, 6.45) is -4.57. The Bertz CT molecular complexity index is 447. The highest BCUT2D eigenvalue weighted by molar-refractivity contribution is 5.89. The van der Waals surface area contributed by atoms with Gasteiger partial charge >= 0.3 is 12.3 Å². The number of halogens is 4. The first kappa shape index (κ1) is 13.2. The van der Waals surface area contributed by atoms with Gasteiger partial charge in [-0.2, -0.15) is 0 Å². The molecule has 94 valence electrons. The molecule has 0 unspecified atom stereocenters. The maximum Gasteiger partial charge on any atom is 0.574 e. The summed E-state index contributed by atoms with van der Waals surface area (Å²) < 4.78 is 52.2. The van der Waals surface area contributed by atoms with Crippen molar-refractivity contribution in [3.8, 4) is 5.88 Å². The van der Waals surface area contributed by atoms with Gasteiger partial charge in [-0.05, 0) is 0 Å². The molecule has 3 N–H and O–H groups in total. The number of nitrogens with zero attached hydrogens (tertiary/aromatic N) is 1. The summed E-state index contributed by atoms with van der Waals surface area (Å²) in [4.78, 5) is 13.5. The lowest BCUT2D eigenvalue weighted by Crippen LogP contribution is -2.20. The van der Waals surface area contributed by atoms with E-state index < -0.39 is 41.7 Å². The minimum atomic E-state index is -5.12. The molecule has 0 aliphatic rings.